The van der Waals surface area contributed by atoms with Gasteiger partial charge in [0.2, 0.25) is 5.91 Å². The van der Waals surface area contributed by atoms with Gasteiger partial charge in [-0.3, -0.25) is 4.79 Å². The molecule has 0 aliphatic heterocycles. The minimum absolute atomic E-state index is 0.00644. The molecule has 3 N–H and O–H groups in total. The fourth-order valence-electron chi connectivity index (χ4n) is 0.851. The number of rotatable bonds is 1. The van der Waals surface area contributed by atoms with E-state index in [2.05, 4.69) is 21.2 Å². The van der Waals surface area contributed by atoms with E-state index in [1.807, 2.05) is 0 Å². The maximum atomic E-state index is 12.8. The Labute approximate surface area is 83.2 Å². The average molecular weight is 247 g/mol. The van der Waals surface area contributed by atoms with Gasteiger partial charge in [0.25, 0.3) is 0 Å². The van der Waals surface area contributed by atoms with E-state index in [0.717, 1.165) is 0 Å². The lowest BCUT2D eigenvalue weighted by Gasteiger charge is -2.06. The minimum atomic E-state index is -0.513. The monoisotopic (exact) mass is 246 g/mol. The number of halogens is 2. The van der Waals surface area contributed by atoms with Crippen LogP contribution < -0.4 is 11.1 Å². The largest absolute Gasteiger partial charge is 0.396 e. The number of carbonyl (C=O) groups is 1. The van der Waals surface area contributed by atoms with Gasteiger partial charge in [0, 0.05) is 11.4 Å². The van der Waals surface area contributed by atoms with E-state index in [9.17, 15) is 9.18 Å². The van der Waals surface area contributed by atoms with Crippen molar-refractivity contribution in [1.29, 1.82) is 0 Å². The Kier molecular flexibility index (Phi) is 2.87. The van der Waals surface area contributed by atoms with Crippen molar-refractivity contribution in [3.63, 3.8) is 0 Å². The number of nitrogens with one attached hydrogen (secondary N) is 1. The second-order valence-corrected chi connectivity index (χ2v) is 3.39. The second-order valence-electron chi connectivity index (χ2n) is 2.53. The molecule has 0 aromatic heterocycles. The standard InChI is InChI=1S/C8H8BrFN2O/c1-4(13)12-8-3-7(11)6(10)2-5(8)9/h2-3H,11H2,1H3,(H,12,13). The molecule has 1 rings (SSSR count). The van der Waals surface area contributed by atoms with E-state index < -0.39 is 5.82 Å². The molecule has 0 atom stereocenters. The van der Waals surface area contributed by atoms with Crippen LogP contribution in [0.25, 0.3) is 0 Å². The third-order valence-electron chi connectivity index (χ3n) is 1.40. The molecule has 13 heavy (non-hydrogen) atoms. The van der Waals surface area contributed by atoms with Crippen LogP contribution in [0.2, 0.25) is 0 Å². The van der Waals surface area contributed by atoms with Crippen molar-refractivity contribution in [2.24, 2.45) is 0 Å². The summed E-state index contributed by atoms with van der Waals surface area (Å²) in [5.74, 6) is -0.743. The van der Waals surface area contributed by atoms with Crippen LogP contribution in [0.1, 0.15) is 6.92 Å². The minimum Gasteiger partial charge on any atom is -0.396 e. The molecule has 0 fully saturated rings. The molecule has 0 aliphatic rings. The first kappa shape index (κ1) is 9.98. The molecular formula is C8H8BrFN2O. The van der Waals surface area contributed by atoms with Gasteiger partial charge in [-0.05, 0) is 28.1 Å². The molecular weight excluding hydrogens is 239 g/mol. The van der Waals surface area contributed by atoms with Crippen molar-refractivity contribution < 1.29 is 9.18 Å². The van der Waals surface area contributed by atoms with Crippen molar-refractivity contribution in [2.75, 3.05) is 11.1 Å². The van der Waals surface area contributed by atoms with E-state index in [0.29, 0.717) is 10.2 Å². The number of hydrogen-bond donors (Lipinski definition) is 2. The van der Waals surface area contributed by atoms with Crippen LogP contribution >= 0.6 is 15.9 Å². The lowest BCUT2D eigenvalue weighted by Crippen LogP contribution is -2.07. The summed E-state index contributed by atoms with van der Waals surface area (Å²) in [6.07, 6.45) is 0. The number of hydrogen-bond acceptors (Lipinski definition) is 2. The summed E-state index contributed by atoms with van der Waals surface area (Å²) in [7, 11) is 0. The van der Waals surface area contributed by atoms with Crippen LogP contribution in [0.15, 0.2) is 16.6 Å². The first-order chi connectivity index (χ1) is 6.00. The Morgan fingerprint density at radius 1 is 1.62 bits per heavy atom. The molecule has 5 heteroatoms. The van der Waals surface area contributed by atoms with E-state index >= 15 is 0 Å². The number of carbonyl (C=O) groups excluding carboxylic acids is 1. The molecule has 0 heterocycles. The molecule has 0 saturated carbocycles. The summed E-state index contributed by atoms with van der Waals surface area (Å²) in [4.78, 5) is 10.7. The van der Waals surface area contributed by atoms with Gasteiger partial charge in [-0.25, -0.2) is 4.39 Å². The van der Waals surface area contributed by atoms with Gasteiger partial charge in [0.1, 0.15) is 5.82 Å². The molecule has 0 bridgehead atoms. The highest BCUT2D eigenvalue weighted by Gasteiger charge is 2.06. The lowest BCUT2D eigenvalue weighted by molar-refractivity contribution is -0.114. The molecule has 1 amide bonds. The van der Waals surface area contributed by atoms with Gasteiger partial charge in [0.15, 0.2) is 0 Å². The Morgan fingerprint density at radius 3 is 2.77 bits per heavy atom. The van der Waals surface area contributed by atoms with Crippen molar-refractivity contribution in [3.05, 3.63) is 22.4 Å². The van der Waals surface area contributed by atoms with E-state index in [1.165, 1.54) is 19.1 Å². The highest BCUT2D eigenvalue weighted by molar-refractivity contribution is 9.10. The number of nitrogens with two attached hydrogens (primary N) is 1. The molecule has 0 spiro atoms. The summed E-state index contributed by atoms with van der Waals surface area (Å²) >= 11 is 3.10. The van der Waals surface area contributed by atoms with Crippen molar-refractivity contribution in [3.8, 4) is 0 Å². The van der Waals surface area contributed by atoms with Crippen LogP contribution in [-0.2, 0) is 4.79 Å². The maximum Gasteiger partial charge on any atom is 0.221 e. The first-order valence-corrected chi connectivity index (χ1v) is 4.32. The fourth-order valence-corrected chi connectivity index (χ4v) is 1.27. The Bertz CT molecular complexity index is 354. The van der Waals surface area contributed by atoms with Gasteiger partial charge in [-0.1, -0.05) is 0 Å². The van der Waals surface area contributed by atoms with Gasteiger partial charge < -0.3 is 11.1 Å². The number of nitrogen functional groups attached to an aromatic ring is 1. The van der Waals surface area contributed by atoms with Crippen molar-refractivity contribution in [1.82, 2.24) is 0 Å². The Morgan fingerprint density at radius 2 is 2.23 bits per heavy atom. The zero-order valence-electron chi connectivity index (χ0n) is 6.90. The van der Waals surface area contributed by atoms with Gasteiger partial charge in [-0.2, -0.15) is 0 Å². The molecule has 0 aliphatic carbocycles. The predicted molar refractivity (Wildman–Crippen MR) is 52.8 cm³/mol. The molecule has 0 unspecified atom stereocenters. The van der Waals surface area contributed by atoms with Crippen LogP contribution in [0.4, 0.5) is 15.8 Å². The van der Waals surface area contributed by atoms with Gasteiger partial charge in [0.05, 0.1) is 11.4 Å². The van der Waals surface area contributed by atoms with Crippen LogP contribution in [0.3, 0.4) is 0 Å². The summed E-state index contributed by atoms with van der Waals surface area (Å²) in [6.45, 7) is 1.37. The topological polar surface area (TPSA) is 55.1 Å². The van der Waals surface area contributed by atoms with Gasteiger partial charge >= 0.3 is 0 Å². The van der Waals surface area contributed by atoms with Crippen LogP contribution in [0, 0.1) is 5.82 Å². The number of anilines is 2. The second kappa shape index (κ2) is 3.74. The average Bonchev–Trinajstić information content (AvgIpc) is 1.99. The SMILES string of the molecule is CC(=O)Nc1cc(N)c(F)cc1Br. The lowest BCUT2D eigenvalue weighted by atomic mass is 10.2. The summed E-state index contributed by atoms with van der Waals surface area (Å²) < 4.78 is 13.3. The molecule has 0 saturated heterocycles. The van der Waals surface area contributed by atoms with Gasteiger partial charge in [-0.15, -0.1) is 0 Å². The van der Waals surface area contributed by atoms with Crippen molar-refractivity contribution >= 4 is 33.2 Å². The highest BCUT2D eigenvalue weighted by Crippen LogP contribution is 2.27. The van der Waals surface area contributed by atoms with Crippen molar-refractivity contribution in [2.45, 2.75) is 6.92 Å². The molecule has 70 valence electrons. The summed E-state index contributed by atoms with van der Waals surface area (Å²) in [6, 6.07) is 2.57. The molecule has 3 nitrogen and oxygen atoms in total. The van der Waals surface area contributed by atoms with E-state index in [-0.39, 0.29) is 11.6 Å². The molecule has 1 aromatic rings. The Hall–Kier alpha value is -1.10. The van der Waals surface area contributed by atoms with E-state index in [1.54, 1.807) is 0 Å². The summed E-state index contributed by atoms with van der Waals surface area (Å²) in [5.41, 5.74) is 5.79. The maximum absolute atomic E-state index is 12.8. The fraction of sp³-hybridized carbons (Fsp3) is 0.125. The summed E-state index contributed by atoms with van der Waals surface area (Å²) in [5, 5.41) is 2.51. The molecule has 0 radical (unpaired) electrons. The zero-order valence-corrected chi connectivity index (χ0v) is 8.48. The normalized spacial score (nSPS) is 9.77. The quantitative estimate of drug-likeness (QED) is 0.747. The Balaban J connectivity index is 3.08. The van der Waals surface area contributed by atoms with Crippen LogP contribution in [0.5, 0.6) is 0 Å². The zero-order chi connectivity index (χ0) is 10.0. The predicted octanol–water partition coefficient (Wildman–Crippen LogP) is 2.13. The third kappa shape index (κ3) is 2.42. The smallest absolute Gasteiger partial charge is 0.221 e. The number of amides is 1. The third-order valence-corrected chi connectivity index (χ3v) is 2.05. The highest BCUT2D eigenvalue weighted by atomic mass is 79.9. The number of benzene rings is 1. The molecule has 1 aromatic carbocycles. The van der Waals surface area contributed by atoms with Crippen LogP contribution in [-0.4, -0.2) is 5.91 Å². The first-order valence-electron chi connectivity index (χ1n) is 3.53. The van der Waals surface area contributed by atoms with E-state index in [4.69, 9.17) is 5.73 Å².